The second kappa shape index (κ2) is 8.49. The van der Waals surface area contributed by atoms with Gasteiger partial charge in [0.05, 0.1) is 35.1 Å². The number of nitrogens with one attached hydrogen (secondary N) is 2. The smallest absolute Gasteiger partial charge is 0.337 e. The Bertz CT molecular complexity index is 1010. The fourth-order valence-corrected chi connectivity index (χ4v) is 2.69. The summed E-state index contributed by atoms with van der Waals surface area (Å²) in [5.41, 5.74) is 1.46. The van der Waals surface area contributed by atoms with Crippen LogP contribution in [0.25, 0.3) is 0 Å². The van der Waals surface area contributed by atoms with Gasteiger partial charge in [-0.05, 0) is 42.5 Å². The van der Waals surface area contributed by atoms with Crippen molar-refractivity contribution in [2.24, 2.45) is 0 Å². The Hall–Kier alpha value is -3.45. The van der Waals surface area contributed by atoms with Gasteiger partial charge in [-0.2, -0.15) is 0 Å². The summed E-state index contributed by atoms with van der Waals surface area (Å²) in [4.78, 5) is 27.9. The SMILES string of the molecule is COC(=O)c1cccc(Nc2ccc(NC(=O)c3c(F)cccc3Cl)nc2)c1. The molecule has 0 unspecified atom stereocenters. The van der Waals surface area contributed by atoms with Crippen molar-refractivity contribution in [1.29, 1.82) is 0 Å². The summed E-state index contributed by atoms with van der Waals surface area (Å²) in [6, 6.07) is 14.0. The number of aromatic nitrogens is 1. The number of methoxy groups -OCH3 is 1. The van der Waals surface area contributed by atoms with Crippen LogP contribution in [0.1, 0.15) is 20.7 Å². The van der Waals surface area contributed by atoms with Crippen molar-refractivity contribution in [2.45, 2.75) is 0 Å². The van der Waals surface area contributed by atoms with Crippen molar-refractivity contribution in [2.75, 3.05) is 17.7 Å². The average molecular weight is 400 g/mol. The minimum Gasteiger partial charge on any atom is -0.465 e. The van der Waals surface area contributed by atoms with Crippen LogP contribution in [-0.4, -0.2) is 24.0 Å². The van der Waals surface area contributed by atoms with Crippen LogP contribution in [0.2, 0.25) is 5.02 Å². The van der Waals surface area contributed by atoms with Crippen LogP contribution in [0.3, 0.4) is 0 Å². The van der Waals surface area contributed by atoms with Gasteiger partial charge in [0.25, 0.3) is 5.91 Å². The number of amides is 1. The molecule has 0 bridgehead atoms. The minimum absolute atomic E-state index is 0.0151. The molecule has 0 atom stereocenters. The van der Waals surface area contributed by atoms with Crippen molar-refractivity contribution in [1.82, 2.24) is 4.98 Å². The molecular formula is C20H15ClFN3O3. The standard InChI is InChI=1S/C20H15ClFN3O3/c1-28-20(27)12-4-2-5-13(10-12)24-14-8-9-17(23-11-14)25-19(26)18-15(21)6-3-7-16(18)22/h2-11,24H,1H3,(H,23,25,26). The molecule has 0 aliphatic rings. The van der Waals surface area contributed by atoms with Crippen LogP contribution >= 0.6 is 11.6 Å². The molecule has 0 radical (unpaired) electrons. The van der Waals surface area contributed by atoms with Gasteiger partial charge in [0.15, 0.2) is 0 Å². The van der Waals surface area contributed by atoms with Gasteiger partial charge in [0, 0.05) is 5.69 Å². The van der Waals surface area contributed by atoms with Crippen molar-refractivity contribution >= 4 is 40.7 Å². The lowest BCUT2D eigenvalue weighted by Gasteiger charge is -2.10. The number of carbonyl (C=O) groups excluding carboxylic acids is 2. The predicted octanol–water partition coefficient (Wildman–Crippen LogP) is 4.66. The van der Waals surface area contributed by atoms with E-state index in [1.807, 2.05) is 0 Å². The summed E-state index contributed by atoms with van der Waals surface area (Å²) in [5, 5.41) is 5.60. The molecule has 0 aliphatic carbocycles. The first-order valence-corrected chi connectivity index (χ1v) is 8.52. The highest BCUT2D eigenvalue weighted by Gasteiger charge is 2.16. The molecular weight excluding hydrogens is 385 g/mol. The van der Waals surface area contributed by atoms with E-state index in [-0.39, 0.29) is 16.4 Å². The fourth-order valence-electron chi connectivity index (χ4n) is 2.44. The van der Waals surface area contributed by atoms with Crippen LogP contribution in [0.4, 0.5) is 21.6 Å². The lowest BCUT2D eigenvalue weighted by atomic mass is 10.2. The molecule has 1 heterocycles. The monoisotopic (exact) mass is 399 g/mol. The van der Waals surface area contributed by atoms with Crippen molar-refractivity contribution in [3.8, 4) is 0 Å². The van der Waals surface area contributed by atoms with E-state index in [1.165, 1.54) is 25.4 Å². The van der Waals surface area contributed by atoms with E-state index in [1.54, 1.807) is 36.4 Å². The highest BCUT2D eigenvalue weighted by molar-refractivity contribution is 6.34. The number of rotatable bonds is 5. The Morgan fingerprint density at radius 2 is 1.86 bits per heavy atom. The number of pyridine rings is 1. The first-order valence-electron chi connectivity index (χ1n) is 8.15. The Labute approximate surface area is 165 Å². The van der Waals surface area contributed by atoms with Gasteiger partial charge in [-0.1, -0.05) is 23.7 Å². The number of carbonyl (C=O) groups is 2. The maximum atomic E-state index is 13.8. The van der Waals surface area contributed by atoms with Crippen LogP contribution in [0.15, 0.2) is 60.8 Å². The normalized spacial score (nSPS) is 10.2. The molecule has 2 N–H and O–H groups in total. The zero-order chi connectivity index (χ0) is 20.1. The second-order valence-corrected chi connectivity index (χ2v) is 6.09. The van der Waals surface area contributed by atoms with E-state index in [9.17, 15) is 14.0 Å². The zero-order valence-corrected chi connectivity index (χ0v) is 15.5. The molecule has 0 saturated carbocycles. The number of anilines is 3. The molecule has 1 amide bonds. The Kier molecular flexibility index (Phi) is 5.86. The first kappa shape index (κ1) is 19.3. The predicted molar refractivity (Wildman–Crippen MR) is 105 cm³/mol. The summed E-state index contributed by atoms with van der Waals surface area (Å²) in [7, 11) is 1.31. The van der Waals surface area contributed by atoms with E-state index in [0.717, 1.165) is 6.07 Å². The van der Waals surface area contributed by atoms with Gasteiger partial charge in [0.1, 0.15) is 11.6 Å². The third-order valence-electron chi connectivity index (χ3n) is 3.77. The van der Waals surface area contributed by atoms with Gasteiger partial charge in [-0.3, -0.25) is 4.79 Å². The zero-order valence-electron chi connectivity index (χ0n) is 14.7. The lowest BCUT2D eigenvalue weighted by molar-refractivity contribution is 0.0600. The molecule has 3 rings (SSSR count). The van der Waals surface area contributed by atoms with Crippen molar-refractivity contribution < 1.29 is 18.7 Å². The lowest BCUT2D eigenvalue weighted by Crippen LogP contribution is -2.15. The molecule has 0 spiro atoms. The molecule has 0 aliphatic heterocycles. The molecule has 0 fully saturated rings. The number of benzene rings is 2. The van der Waals surface area contributed by atoms with E-state index in [0.29, 0.717) is 16.9 Å². The number of hydrogen-bond donors (Lipinski definition) is 2. The molecule has 0 saturated heterocycles. The molecule has 6 nitrogen and oxygen atoms in total. The van der Waals surface area contributed by atoms with Crippen molar-refractivity contribution in [3.05, 3.63) is 82.8 Å². The Morgan fingerprint density at radius 3 is 2.54 bits per heavy atom. The van der Waals surface area contributed by atoms with E-state index in [4.69, 9.17) is 16.3 Å². The van der Waals surface area contributed by atoms with Gasteiger partial charge in [-0.15, -0.1) is 0 Å². The molecule has 142 valence electrons. The Morgan fingerprint density at radius 1 is 1.07 bits per heavy atom. The highest BCUT2D eigenvalue weighted by Crippen LogP contribution is 2.22. The largest absolute Gasteiger partial charge is 0.465 e. The van der Waals surface area contributed by atoms with Crippen LogP contribution in [0.5, 0.6) is 0 Å². The second-order valence-electron chi connectivity index (χ2n) is 5.68. The van der Waals surface area contributed by atoms with E-state index in [2.05, 4.69) is 15.6 Å². The summed E-state index contributed by atoms with van der Waals surface area (Å²) in [5.74, 6) is -1.61. The average Bonchev–Trinajstić information content (AvgIpc) is 2.69. The third kappa shape index (κ3) is 4.44. The van der Waals surface area contributed by atoms with Gasteiger partial charge in [-0.25, -0.2) is 14.2 Å². The van der Waals surface area contributed by atoms with E-state index < -0.39 is 17.7 Å². The number of esters is 1. The summed E-state index contributed by atoms with van der Waals surface area (Å²) >= 11 is 5.89. The summed E-state index contributed by atoms with van der Waals surface area (Å²) in [6.07, 6.45) is 1.49. The van der Waals surface area contributed by atoms with E-state index >= 15 is 0 Å². The number of ether oxygens (including phenoxy) is 1. The van der Waals surface area contributed by atoms with Crippen LogP contribution in [-0.2, 0) is 4.74 Å². The number of nitrogens with zero attached hydrogens (tertiary/aromatic N) is 1. The Balaban J connectivity index is 1.70. The van der Waals surface area contributed by atoms with Gasteiger partial charge in [0.2, 0.25) is 0 Å². The summed E-state index contributed by atoms with van der Waals surface area (Å²) in [6.45, 7) is 0. The maximum Gasteiger partial charge on any atom is 0.337 e. The molecule has 3 aromatic rings. The highest BCUT2D eigenvalue weighted by atomic mass is 35.5. The van der Waals surface area contributed by atoms with Gasteiger partial charge < -0.3 is 15.4 Å². The first-order chi connectivity index (χ1) is 13.5. The summed E-state index contributed by atoms with van der Waals surface area (Å²) < 4.78 is 18.5. The number of hydrogen-bond acceptors (Lipinski definition) is 5. The minimum atomic E-state index is -0.714. The van der Waals surface area contributed by atoms with Gasteiger partial charge >= 0.3 is 5.97 Å². The molecule has 28 heavy (non-hydrogen) atoms. The number of halogens is 2. The molecule has 8 heteroatoms. The molecule has 1 aromatic heterocycles. The van der Waals surface area contributed by atoms with Crippen LogP contribution < -0.4 is 10.6 Å². The topological polar surface area (TPSA) is 80.3 Å². The molecule has 2 aromatic carbocycles. The quantitative estimate of drug-likeness (QED) is 0.610. The van der Waals surface area contributed by atoms with Crippen LogP contribution in [0, 0.1) is 5.82 Å². The fraction of sp³-hybridized carbons (Fsp3) is 0.0500. The maximum absolute atomic E-state index is 13.8. The third-order valence-corrected chi connectivity index (χ3v) is 4.08. The van der Waals surface area contributed by atoms with Crippen molar-refractivity contribution in [3.63, 3.8) is 0 Å².